The second-order valence-corrected chi connectivity index (χ2v) is 13.4. The molecule has 0 aliphatic heterocycles. The highest BCUT2D eigenvalue weighted by Crippen LogP contribution is 2.25. The SMILES string of the molecule is CCOC(=O)C(c1ccc(OC2=CCC=CC=C2)cc1)n1cnc(NC(=O)[C@@H](COCc2ccccc2)NC(=O)C(C)(C)NC(=O)OC(C)(C)C)c1. The van der Waals surface area contributed by atoms with Crippen molar-refractivity contribution in [3.63, 3.8) is 0 Å². The van der Waals surface area contributed by atoms with Gasteiger partial charge >= 0.3 is 12.1 Å². The van der Waals surface area contributed by atoms with E-state index in [1.165, 1.54) is 30.9 Å². The number of nitrogens with zero attached hydrogens (tertiary/aromatic N) is 2. The lowest BCUT2D eigenvalue weighted by atomic mass is 10.0. The van der Waals surface area contributed by atoms with Crippen LogP contribution in [0.25, 0.3) is 0 Å². The van der Waals surface area contributed by atoms with Gasteiger partial charge < -0.3 is 39.5 Å². The average Bonchev–Trinajstić information content (AvgIpc) is 3.37. The zero-order valence-corrected chi connectivity index (χ0v) is 30.4. The maximum atomic E-state index is 13.6. The van der Waals surface area contributed by atoms with E-state index in [1.54, 1.807) is 52.0 Å². The lowest BCUT2D eigenvalue weighted by molar-refractivity contribution is -0.145. The van der Waals surface area contributed by atoms with E-state index < -0.39 is 47.1 Å². The molecule has 13 heteroatoms. The lowest BCUT2D eigenvalue weighted by Crippen LogP contribution is -2.59. The van der Waals surface area contributed by atoms with E-state index in [0.29, 0.717) is 17.1 Å². The molecule has 0 saturated heterocycles. The van der Waals surface area contributed by atoms with Gasteiger partial charge in [0.15, 0.2) is 11.9 Å². The number of carbonyl (C=O) groups excluding carboxylic acids is 4. The third-order valence-electron chi connectivity index (χ3n) is 7.45. The van der Waals surface area contributed by atoms with Crippen LogP contribution in [0.4, 0.5) is 10.6 Å². The molecule has 3 N–H and O–H groups in total. The van der Waals surface area contributed by atoms with Gasteiger partial charge in [-0.3, -0.25) is 9.59 Å². The first-order valence-corrected chi connectivity index (χ1v) is 17.0. The fourth-order valence-corrected chi connectivity index (χ4v) is 4.90. The van der Waals surface area contributed by atoms with Crippen molar-refractivity contribution >= 4 is 29.7 Å². The summed E-state index contributed by atoms with van der Waals surface area (Å²) in [5.41, 5.74) is -0.748. The largest absolute Gasteiger partial charge is 0.464 e. The molecule has 0 fully saturated rings. The van der Waals surface area contributed by atoms with Crippen molar-refractivity contribution in [2.75, 3.05) is 18.5 Å². The molecule has 0 radical (unpaired) electrons. The minimum Gasteiger partial charge on any atom is -0.464 e. The number of amides is 3. The van der Waals surface area contributed by atoms with Crippen molar-refractivity contribution in [1.82, 2.24) is 20.2 Å². The van der Waals surface area contributed by atoms with Crippen LogP contribution in [0.3, 0.4) is 0 Å². The Morgan fingerprint density at radius 3 is 2.38 bits per heavy atom. The van der Waals surface area contributed by atoms with Crippen molar-refractivity contribution in [2.24, 2.45) is 0 Å². The summed E-state index contributed by atoms with van der Waals surface area (Å²) in [6.45, 7) is 9.97. The molecule has 0 saturated carbocycles. The Morgan fingerprint density at radius 2 is 1.69 bits per heavy atom. The van der Waals surface area contributed by atoms with Gasteiger partial charge in [-0.15, -0.1) is 0 Å². The van der Waals surface area contributed by atoms with Gasteiger partial charge in [-0.2, -0.15) is 0 Å². The van der Waals surface area contributed by atoms with Gasteiger partial charge in [-0.1, -0.05) is 60.7 Å². The van der Waals surface area contributed by atoms with Crippen LogP contribution in [0.15, 0.2) is 103 Å². The molecule has 0 bridgehead atoms. The molecule has 3 aromatic rings. The molecule has 276 valence electrons. The number of ether oxygens (including phenoxy) is 4. The fourth-order valence-electron chi connectivity index (χ4n) is 4.90. The second kappa shape index (κ2) is 18.0. The maximum absolute atomic E-state index is 13.6. The minimum atomic E-state index is -1.45. The first-order valence-electron chi connectivity index (χ1n) is 17.0. The van der Waals surface area contributed by atoms with E-state index in [0.717, 1.165) is 12.0 Å². The summed E-state index contributed by atoms with van der Waals surface area (Å²) in [6.07, 6.45) is 12.6. The maximum Gasteiger partial charge on any atom is 0.408 e. The van der Waals surface area contributed by atoms with Crippen LogP contribution in [0, 0.1) is 0 Å². The summed E-state index contributed by atoms with van der Waals surface area (Å²) in [5.74, 6) is -0.386. The topological polar surface area (TPSA) is 159 Å². The Labute approximate surface area is 304 Å². The normalized spacial score (nSPS) is 13.9. The monoisotopic (exact) mass is 713 g/mol. The van der Waals surface area contributed by atoms with Gasteiger partial charge in [0.05, 0.1) is 26.1 Å². The number of rotatable bonds is 15. The van der Waals surface area contributed by atoms with E-state index in [4.69, 9.17) is 18.9 Å². The first-order chi connectivity index (χ1) is 24.7. The summed E-state index contributed by atoms with van der Waals surface area (Å²) in [5, 5.41) is 7.94. The molecule has 1 aliphatic rings. The summed E-state index contributed by atoms with van der Waals surface area (Å²) in [6, 6.07) is 14.3. The molecule has 1 unspecified atom stereocenters. The van der Waals surface area contributed by atoms with Crippen LogP contribution in [0.2, 0.25) is 0 Å². The summed E-state index contributed by atoms with van der Waals surface area (Å²) in [4.78, 5) is 57.0. The average molecular weight is 714 g/mol. The fraction of sp³-hybridized carbons (Fsp3) is 0.359. The van der Waals surface area contributed by atoms with E-state index in [9.17, 15) is 19.2 Å². The number of hydrogen-bond donors (Lipinski definition) is 3. The third kappa shape index (κ3) is 12.0. The zero-order chi connectivity index (χ0) is 37.7. The Balaban J connectivity index is 1.50. The highest BCUT2D eigenvalue weighted by atomic mass is 16.6. The molecule has 4 rings (SSSR count). The van der Waals surface area contributed by atoms with Crippen molar-refractivity contribution in [1.29, 1.82) is 0 Å². The molecule has 3 amide bonds. The number of alkyl carbamates (subject to hydrolysis) is 1. The number of anilines is 1. The Hall–Kier alpha value is -5.69. The van der Waals surface area contributed by atoms with Crippen LogP contribution in [0.5, 0.6) is 5.75 Å². The van der Waals surface area contributed by atoms with Gasteiger partial charge in [0.25, 0.3) is 5.91 Å². The van der Waals surface area contributed by atoms with Gasteiger partial charge in [-0.25, -0.2) is 14.6 Å². The predicted octanol–water partition coefficient (Wildman–Crippen LogP) is 5.76. The Bertz CT molecular complexity index is 1770. The molecule has 13 nitrogen and oxygen atoms in total. The van der Waals surface area contributed by atoms with Crippen LogP contribution in [0.1, 0.15) is 65.1 Å². The molecule has 1 aromatic heterocycles. The summed E-state index contributed by atoms with van der Waals surface area (Å²) in [7, 11) is 0. The number of carbonyl (C=O) groups is 4. The first kappa shape index (κ1) is 39.1. The number of allylic oxidation sites excluding steroid dienone is 5. The van der Waals surface area contributed by atoms with Gasteiger partial charge in [0.2, 0.25) is 5.91 Å². The number of aromatic nitrogens is 2. The Morgan fingerprint density at radius 1 is 0.962 bits per heavy atom. The van der Waals surface area contributed by atoms with Crippen molar-refractivity contribution in [2.45, 2.75) is 77.8 Å². The van der Waals surface area contributed by atoms with Crippen molar-refractivity contribution in [3.8, 4) is 5.75 Å². The van der Waals surface area contributed by atoms with Gasteiger partial charge in [0.1, 0.15) is 28.7 Å². The number of benzene rings is 2. The van der Waals surface area contributed by atoms with E-state index in [-0.39, 0.29) is 25.6 Å². The molecule has 2 atom stereocenters. The van der Waals surface area contributed by atoms with Crippen molar-refractivity contribution < 1.29 is 38.1 Å². The molecule has 52 heavy (non-hydrogen) atoms. The van der Waals surface area contributed by atoms with Crippen molar-refractivity contribution in [3.05, 3.63) is 114 Å². The Kier molecular flexibility index (Phi) is 13.5. The molecular formula is C39H47N5O8. The molecule has 1 heterocycles. The molecule has 0 spiro atoms. The molecule has 2 aromatic carbocycles. The molecule has 1 aliphatic carbocycles. The van der Waals surface area contributed by atoms with Gasteiger partial charge in [0, 0.05) is 6.20 Å². The van der Waals surface area contributed by atoms with E-state index in [1.807, 2.05) is 60.7 Å². The highest BCUT2D eigenvalue weighted by Gasteiger charge is 2.35. The van der Waals surface area contributed by atoms with Crippen LogP contribution in [-0.4, -0.2) is 63.8 Å². The zero-order valence-electron chi connectivity index (χ0n) is 30.4. The lowest BCUT2D eigenvalue weighted by Gasteiger charge is -2.29. The third-order valence-corrected chi connectivity index (χ3v) is 7.45. The minimum absolute atomic E-state index is 0.119. The smallest absolute Gasteiger partial charge is 0.408 e. The summed E-state index contributed by atoms with van der Waals surface area (Å²) >= 11 is 0. The van der Waals surface area contributed by atoms with E-state index in [2.05, 4.69) is 20.9 Å². The van der Waals surface area contributed by atoms with Crippen LogP contribution >= 0.6 is 0 Å². The van der Waals surface area contributed by atoms with Gasteiger partial charge in [-0.05, 0) is 83.4 Å². The number of nitrogens with one attached hydrogen (secondary N) is 3. The van der Waals surface area contributed by atoms with Crippen LogP contribution < -0.4 is 20.7 Å². The summed E-state index contributed by atoms with van der Waals surface area (Å²) < 4.78 is 24.0. The standard InChI is InChI=1S/C39H47N5O8/c1-7-50-35(46)33(28-19-21-30(22-20-28)51-29-17-13-8-9-14-18-29)44-23-32(40-26-44)42-34(45)31(25-49-24-27-15-11-10-12-16-27)41-36(47)39(5,6)43-37(48)52-38(2,3)4/h8-13,15-23,26,31,33H,7,14,24-25H2,1-6H3,(H,41,47)(H,42,45)(H,43,48)/t31-,33?/m1/s1. The van der Waals surface area contributed by atoms with Crippen LogP contribution in [-0.2, 0) is 35.2 Å². The quantitative estimate of drug-likeness (QED) is 0.167. The number of hydrogen-bond acceptors (Lipinski definition) is 9. The van der Waals surface area contributed by atoms with E-state index >= 15 is 0 Å². The predicted molar refractivity (Wildman–Crippen MR) is 195 cm³/mol. The number of imidazole rings is 1. The highest BCUT2D eigenvalue weighted by molar-refractivity contribution is 5.98. The molecular weight excluding hydrogens is 666 g/mol. The number of esters is 1. The second-order valence-electron chi connectivity index (χ2n) is 13.4.